The van der Waals surface area contributed by atoms with Crippen molar-refractivity contribution in [2.24, 2.45) is 12.8 Å². The Hall–Kier alpha value is -2.14. The first-order valence-electron chi connectivity index (χ1n) is 6.74. The number of nitrogens with one attached hydrogen (secondary N) is 1. The van der Waals surface area contributed by atoms with Crippen LogP contribution in [0.5, 0.6) is 0 Å². The van der Waals surface area contributed by atoms with E-state index in [2.05, 4.69) is 10.4 Å². The molecule has 3 N–H and O–H groups in total. The first-order valence-corrected chi connectivity index (χ1v) is 6.74. The van der Waals surface area contributed by atoms with Crippen molar-refractivity contribution in [1.82, 2.24) is 15.1 Å². The Morgan fingerprint density at radius 1 is 1.40 bits per heavy atom. The first kappa shape index (κ1) is 14.3. The predicted octanol–water partition coefficient (Wildman–Crippen LogP) is 1.41. The minimum absolute atomic E-state index is 0.130. The number of aryl methyl sites for hydroxylation is 2. The minimum Gasteiger partial charge on any atom is -0.344 e. The Morgan fingerprint density at radius 3 is 2.70 bits per heavy atom. The van der Waals surface area contributed by atoms with Gasteiger partial charge < -0.3 is 11.1 Å². The fourth-order valence-electron chi connectivity index (χ4n) is 2.19. The van der Waals surface area contributed by atoms with E-state index in [1.807, 2.05) is 44.3 Å². The molecule has 0 saturated heterocycles. The van der Waals surface area contributed by atoms with Crippen LogP contribution in [-0.4, -0.2) is 22.2 Å². The van der Waals surface area contributed by atoms with Gasteiger partial charge >= 0.3 is 0 Å². The molecule has 0 fully saturated rings. The molecule has 0 spiro atoms. The number of nitrogens with zero attached hydrogens (tertiary/aromatic N) is 2. The number of aromatic nitrogens is 2. The first-order chi connectivity index (χ1) is 9.65. The van der Waals surface area contributed by atoms with Crippen LogP contribution in [0.3, 0.4) is 0 Å². The van der Waals surface area contributed by atoms with Crippen LogP contribution in [0.4, 0.5) is 0 Å². The number of benzene rings is 1. The minimum atomic E-state index is -0.186. The summed E-state index contributed by atoms with van der Waals surface area (Å²) >= 11 is 0. The Labute approximate surface area is 118 Å². The van der Waals surface area contributed by atoms with Gasteiger partial charge in [-0.15, -0.1) is 0 Å². The molecule has 1 atom stereocenters. The number of hydrogen-bond donors (Lipinski definition) is 2. The summed E-state index contributed by atoms with van der Waals surface area (Å²) in [5.74, 6) is -0.130. The van der Waals surface area contributed by atoms with Gasteiger partial charge in [-0.25, -0.2) is 0 Å². The summed E-state index contributed by atoms with van der Waals surface area (Å²) < 4.78 is 1.66. The molecule has 1 amide bonds. The Kier molecular flexibility index (Phi) is 4.53. The number of carbonyl (C=O) groups is 1. The Bertz CT molecular complexity index is 577. The lowest BCUT2D eigenvalue weighted by Crippen LogP contribution is -2.33. The molecule has 0 aliphatic rings. The molecule has 5 nitrogen and oxygen atoms in total. The molecule has 106 valence electrons. The molecule has 2 rings (SSSR count). The number of amides is 1. The molecule has 1 unspecified atom stereocenters. The quantitative estimate of drug-likeness (QED) is 0.864. The monoisotopic (exact) mass is 272 g/mol. The fourth-order valence-corrected chi connectivity index (χ4v) is 2.19. The van der Waals surface area contributed by atoms with E-state index < -0.39 is 0 Å². The van der Waals surface area contributed by atoms with Crippen LogP contribution in [0.25, 0.3) is 0 Å². The summed E-state index contributed by atoms with van der Waals surface area (Å²) in [7, 11) is 1.81. The van der Waals surface area contributed by atoms with E-state index in [0.717, 1.165) is 17.7 Å². The summed E-state index contributed by atoms with van der Waals surface area (Å²) in [5, 5.41) is 7.25. The third kappa shape index (κ3) is 3.05. The molecule has 1 aromatic carbocycles. The standard InChI is InChI=1S/C15H20N4O/c1-3-13-12(10-19(2)18-13)15(20)17-14(9-16)11-7-5-4-6-8-11/h4-8,10,14H,3,9,16H2,1-2H3,(H,17,20). The van der Waals surface area contributed by atoms with Crippen LogP contribution in [-0.2, 0) is 13.5 Å². The molecular formula is C15H20N4O. The molecule has 0 saturated carbocycles. The van der Waals surface area contributed by atoms with Crippen LogP contribution in [0.15, 0.2) is 36.5 Å². The van der Waals surface area contributed by atoms with E-state index >= 15 is 0 Å². The normalized spacial score (nSPS) is 12.2. The lowest BCUT2D eigenvalue weighted by atomic mass is 10.1. The van der Waals surface area contributed by atoms with Crippen molar-refractivity contribution in [1.29, 1.82) is 0 Å². The van der Waals surface area contributed by atoms with Gasteiger partial charge in [-0.2, -0.15) is 5.10 Å². The van der Waals surface area contributed by atoms with Gasteiger partial charge in [0.15, 0.2) is 0 Å². The molecule has 5 heteroatoms. The second-order valence-electron chi connectivity index (χ2n) is 4.69. The summed E-state index contributed by atoms with van der Waals surface area (Å²) in [6.45, 7) is 2.34. The number of hydrogen-bond acceptors (Lipinski definition) is 3. The highest BCUT2D eigenvalue weighted by atomic mass is 16.1. The van der Waals surface area contributed by atoms with E-state index in [1.54, 1.807) is 10.9 Å². The lowest BCUT2D eigenvalue weighted by molar-refractivity contribution is 0.0937. The van der Waals surface area contributed by atoms with Gasteiger partial charge in [0.1, 0.15) is 0 Å². The molecule has 0 aliphatic heterocycles. The van der Waals surface area contributed by atoms with Crippen molar-refractivity contribution in [3.63, 3.8) is 0 Å². The van der Waals surface area contributed by atoms with E-state index in [1.165, 1.54) is 0 Å². The van der Waals surface area contributed by atoms with Gasteiger partial charge in [0.05, 0.1) is 17.3 Å². The fraction of sp³-hybridized carbons (Fsp3) is 0.333. The van der Waals surface area contributed by atoms with Crippen molar-refractivity contribution in [2.75, 3.05) is 6.54 Å². The summed E-state index contributed by atoms with van der Waals surface area (Å²) in [4.78, 5) is 12.4. The maximum Gasteiger partial charge on any atom is 0.255 e. The van der Waals surface area contributed by atoms with Crippen molar-refractivity contribution >= 4 is 5.91 Å². The van der Waals surface area contributed by atoms with Crippen molar-refractivity contribution < 1.29 is 4.79 Å². The van der Waals surface area contributed by atoms with Crippen molar-refractivity contribution in [3.05, 3.63) is 53.3 Å². The average molecular weight is 272 g/mol. The molecular weight excluding hydrogens is 252 g/mol. The Morgan fingerprint density at radius 2 is 2.10 bits per heavy atom. The molecule has 1 aromatic heterocycles. The maximum absolute atomic E-state index is 12.4. The number of rotatable bonds is 5. The zero-order valence-electron chi connectivity index (χ0n) is 11.8. The molecule has 0 aliphatic carbocycles. The second kappa shape index (κ2) is 6.34. The summed E-state index contributed by atoms with van der Waals surface area (Å²) in [5.41, 5.74) is 8.19. The van der Waals surface area contributed by atoms with Crippen LogP contribution in [0.1, 0.15) is 34.6 Å². The topological polar surface area (TPSA) is 72.9 Å². The summed E-state index contributed by atoms with van der Waals surface area (Å²) in [6, 6.07) is 9.55. The van der Waals surface area contributed by atoms with Crippen LogP contribution >= 0.6 is 0 Å². The predicted molar refractivity (Wildman–Crippen MR) is 78.3 cm³/mol. The van der Waals surface area contributed by atoms with E-state index in [4.69, 9.17) is 5.73 Å². The van der Waals surface area contributed by atoms with E-state index in [9.17, 15) is 4.79 Å². The number of nitrogens with two attached hydrogens (primary N) is 1. The van der Waals surface area contributed by atoms with Crippen molar-refractivity contribution in [2.45, 2.75) is 19.4 Å². The van der Waals surface area contributed by atoms with Gasteiger partial charge in [0.2, 0.25) is 0 Å². The zero-order chi connectivity index (χ0) is 14.5. The molecule has 0 radical (unpaired) electrons. The zero-order valence-corrected chi connectivity index (χ0v) is 11.8. The number of carbonyl (C=O) groups excluding carboxylic acids is 1. The average Bonchev–Trinajstić information content (AvgIpc) is 2.86. The molecule has 0 bridgehead atoms. The van der Waals surface area contributed by atoms with Crippen molar-refractivity contribution in [3.8, 4) is 0 Å². The third-order valence-electron chi connectivity index (χ3n) is 3.23. The van der Waals surface area contributed by atoms with Gasteiger partial charge in [0.25, 0.3) is 5.91 Å². The van der Waals surface area contributed by atoms with E-state index in [0.29, 0.717) is 12.1 Å². The summed E-state index contributed by atoms with van der Waals surface area (Å²) in [6.07, 6.45) is 2.47. The smallest absolute Gasteiger partial charge is 0.255 e. The van der Waals surface area contributed by atoms with Gasteiger partial charge in [0, 0.05) is 19.8 Å². The van der Waals surface area contributed by atoms with E-state index in [-0.39, 0.29) is 11.9 Å². The highest BCUT2D eigenvalue weighted by Crippen LogP contribution is 2.13. The third-order valence-corrected chi connectivity index (χ3v) is 3.23. The second-order valence-corrected chi connectivity index (χ2v) is 4.69. The highest BCUT2D eigenvalue weighted by molar-refractivity contribution is 5.95. The van der Waals surface area contributed by atoms with Gasteiger partial charge in [-0.3, -0.25) is 9.48 Å². The van der Waals surface area contributed by atoms with Gasteiger partial charge in [-0.05, 0) is 12.0 Å². The maximum atomic E-state index is 12.4. The Balaban J connectivity index is 2.17. The van der Waals surface area contributed by atoms with Crippen LogP contribution in [0.2, 0.25) is 0 Å². The lowest BCUT2D eigenvalue weighted by Gasteiger charge is -2.17. The molecule has 20 heavy (non-hydrogen) atoms. The molecule has 2 aromatic rings. The highest BCUT2D eigenvalue weighted by Gasteiger charge is 2.18. The SMILES string of the molecule is CCc1nn(C)cc1C(=O)NC(CN)c1ccccc1. The molecule has 1 heterocycles. The largest absolute Gasteiger partial charge is 0.344 e. The van der Waals surface area contributed by atoms with Crippen LogP contribution < -0.4 is 11.1 Å². The van der Waals surface area contributed by atoms with Gasteiger partial charge in [-0.1, -0.05) is 37.3 Å². The van der Waals surface area contributed by atoms with Crippen LogP contribution in [0, 0.1) is 0 Å².